The number of piperazine rings is 1. The molecular formula is C23H28N2O5S. The maximum atomic E-state index is 13.0. The van der Waals surface area contributed by atoms with Gasteiger partial charge < -0.3 is 24.0 Å². The fourth-order valence-electron chi connectivity index (χ4n) is 3.86. The van der Waals surface area contributed by atoms with Gasteiger partial charge in [0.2, 0.25) is 17.6 Å². The van der Waals surface area contributed by atoms with Gasteiger partial charge >= 0.3 is 0 Å². The van der Waals surface area contributed by atoms with Gasteiger partial charge in [-0.3, -0.25) is 9.59 Å². The summed E-state index contributed by atoms with van der Waals surface area (Å²) < 4.78 is 16.1. The molecule has 0 radical (unpaired) electrons. The van der Waals surface area contributed by atoms with Gasteiger partial charge in [-0.15, -0.1) is 11.8 Å². The predicted molar refractivity (Wildman–Crippen MR) is 122 cm³/mol. The third kappa shape index (κ3) is 4.74. The second kappa shape index (κ2) is 9.96. The zero-order chi connectivity index (χ0) is 22.5. The summed E-state index contributed by atoms with van der Waals surface area (Å²) >= 11 is 1.60. The largest absolute Gasteiger partial charge is 0.493 e. The van der Waals surface area contributed by atoms with E-state index in [1.807, 2.05) is 37.4 Å². The summed E-state index contributed by atoms with van der Waals surface area (Å²) in [6, 6.07) is 11.2. The van der Waals surface area contributed by atoms with Crippen LogP contribution in [-0.2, 0) is 16.0 Å². The van der Waals surface area contributed by atoms with E-state index < -0.39 is 0 Å². The van der Waals surface area contributed by atoms with Crippen molar-refractivity contribution < 1.29 is 23.8 Å². The first-order valence-electron chi connectivity index (χ1n) is 9.95. The van der Waals surface area contributed by atoms with Crippen LogP contribution in [0.3, 0.4) is 0 Å². The van der Waals surface area contributed by atoms with E-state index in [9.17, 15) is 9.59 Å². The van der Waals surface area contributed by atoms with E-state index >= 15 is 0 Å². The van der Waals surface area contributed by atoms with Gasteiger partial charge in [-0.1, -0.05) is 12.1 Å². The molecule has 1 fully saturated rings. The minimum atomic E-state index is -0.126. The molecular weight excluding hydrogens is 416 g/mol. The number of carbonyl (C=O) groups is 2. The number of anilines is 1. The van der Waals surface area contributed by atoms with Crippen LogP contribution in [0.1, 0.15) is 12.5 Å². The number of ether oxygens (including phenoxy) is 3. The lowest BCUT2D eigenvalue weighted by molar-refractivity contribution is -0.137. The number of hydrogen-bond acceptors (Lipinski definition) is 6. The van der Waals surface area contributed by atoms with Gasteiger partial charge in [0.25, 0.3) is 0 Å². The smallest absolute Gasteiger partial charge is 0.246 e. The molecule has 0 N–H and O–H groups in total. The van der Waals surface area contributed by atoms with Crippen molar-refractivity contribution in [2.75, 3.05) is 45.6 Å². The summed E-state index contributed by atoms with van der Waals surface area (Å²) in [5.74, 6) is 1.26. The minimum absolute atomic E-state index is 0.0519. The fourth-order valence-corrected chi connectivity index (χ4v) is 4.46. The number of methoxy groups -OCH3 is 3. The Morgan fingerprint density at radius 1 is 1.10 bits per heavy atom. The highest BCUT2D eigenvalue weighted by Gasteiger charge is 2.34. The van der Waals surface area contributed by atoms with Crippen molar-refractivity contribution >= 4 is 29.3 Å². The summed E-state index contributed by atoms with van der Waals surface area (Å²) in [6.45, 7) is 2.49. The molecule has 1 atom stereocenters. The van der Waals surface area contributed by atoms with Gasteiger partial charge in [-0.25, -0.2) is 0 Å². The van der Waals surface area contributed by atoms with Crippen LogP contribution in [0.15, 0.2) is 41.3 Å². The summed E-state index contributed by atoms with van der Waals surface area (Å²) in [5.41, 5.74) is 1.62. The lowest BCUT2D eigenvalue weighted by Gasteiger charge is -2.40. The van der Waals surface area contributed by atoms with Crippen LogP contribution < -0.4 is 19.1 Å². The molecule has 0 aliphatic carbocycles. The van der Waals surface area contributed by atoms with Crippen LogP contribution in [0.2, 0.25) is 0 Å². The van der Waals surface area contributed by atoms with E-state index in [0.717, 1.165) is 16.1 Å². The highest BCUT2D eigenvalue weighted by Crippen LogP contribution is 2.38. The molecule has 31 heavy (non-hydrogen) atoms. The molecule has 2 aromatic rings. The molecule has 7 nitrogen and oxygen atoms in total. The average Bonchev–Trinajstić information content (AvgIpc) is 2.78. The standard InChI is InChI=1S/C23H28N2O5S/c1-15-13-24(14-22(27)25(15)17-8-6-7-9-20(17)31-5)21(26)12-16-10-18(28-2)23(30-4)19(11-16)29-3/h6-11,15H,12-14H2,1-5H3. The number of para-hydroxylation sites is 1. The Kier molecular flexibility index (Phi) is 7.33. The number of rotatable bonds is 7. The number of nitrogens with zero attached hydrogens (tertiary/aromatic N) is 2. The molecule has 8 heteroatoms. The van der Waals surface area contributed by atoms with Gasteiger partial charge in [0.05, 0.1) is 39.5 Å². The van der Waals surface area contributed by atoms with Crippen LogP contribution >= 0.6 is 11.8 Å². The Balaban J connectivity index is 1.77. The predicted octanol–water partition coefficient (Wildman–Crippen LogP) is 3.24. The van der Waals surface area contributed by atoms with E-state index in [1.54, 1.807) is 33.7 Å². The first-order chi connectivity index (χ1) is 14.9. The first kappa shape index (κ1) is 22.8. The zero-order valence-corrected chi connectivity index (χ0v) is 19.3. The molecule has 1 aliphatic rings. The first-order valence-corrected chi connectivity index (χ1v) is 11.2. The molecule has 166 valence electrons. The number of amides is 2. The van der Waals surface area contributed by atoms with E-state index in [1.165, 1.54) is 21.3 Å². The van der Waals surface area contributed by atoms with Crippen molar-refractivity contribution in [3.63, 3.8) is 0 Å². The maximum Gasteiger partial charge on any atom is 0.246 e. The quantitative estimate of drug-likeness (QED) is 0.611. The van der Waals surface area contributed by atoms with E-state index in [2.05, 4.69) is 0 Å². The molecule has 0 spiro atoms. The van der Waals surface area contributed by atoms with Crippen molar-refractivity contribution in [2.24, 2.45) is 0 Å². The molecule has 2 aromatic carbocycles. The Morgan fingerprint density at radius 3 is 2.29 bits per heavy atom. The lowest BCUT2D eigenvalue weighted by atomic mass is 10.1. The number of thioether (sulfide) groups is 1. The van der Waals surface area contributed by atoms with Gasteiger partial charge in [0.15, 0.2) is 11.5 Å². The monoisotopic (exact) mass is 444 g/mol. The van der Waals surface area contributed by atoms with Crippen molar-refractivity contribution in [3.8, 4) is 17.2 Å². The third-order valence-corrected chi connectivity index (χ3v) is 6.08. The zero-order valence-electron chi connectivity index (χ0n) is 18.5. The van der Waals surface area contributed by atoms with E-state index in [4.69, 9.17) is 14.2 Å². The van der Waals surface area contributed by atoms with Crippen LogP contribution in [-0.4, -0.2) is 63.4 Å². The normalized spacial score (nSPS) is 16.3. The lowest BCUT2D eigenvalue weighted by Crippen LogP contribution is -2.57. The van der Waals surface area contributed by atoms with Gasteiger partial charge in [0, 0.05) is 11.4 Å². The Labute approximate surface area is 187 Å². The molecule has 0 aromatic heterocycles. The van der Waals surface area contributed by atoms with Crippen molar-refractivity contribution in [1.29, 1.82) is 0 Å². The molecule has 1 saturated heterocycles. The maximum absolute atomic E-state index is 13.0. The number of benzene rings is 2. The summed E-state index contributed by atoms with van der Waals surface area (Å²) in [4.78, 5) is 30.5. The van der Waals surface area contributed by atoms with Gasteiger partial charge in [-0.05, 0) is 43.0 Å². The summed E-state index contributed by atoms with van der Waals surface area (Å²) in [5, 5.41) is 0. The van der Waals surface area contributed by atoms with Gasteiger partial charge in [0.1, 0.15) is 6.54 Å². The molecule has 2 amide bonds. The second-order valence-corrected chi connectivity index (χ2v) is 8.12. The van der Waals surface area contributed by atoms with Gasteiger partial charge in [-0.2, -0.15) is 0 Å². The topological polar surface area (TPSA) is 68.3 Å². The van der Waals surface area contributed by atoms with Crippen molar-refractivity contribution in [2.45, 2.75) is 24.3 Å². The molecule has 1 unspecified atom stereocenters. The Hall–Kier alpha value is -2.87. The van der Waals surface area contributed by atoms with E-state index in [-0.39, 0.29) is 30.8 Å². The minimum Gasteiger partial charge on any atom is -0.493 e. The van der Waals surface area contributed by atoms with Crippen LogP contribution in [0, 0.1) is 0 Å². The molecule has 3 rings (SSSR count). The molecule has 0 bridgehead atoms. The molecule has 1 heterocycles. The highest BCUT2D eigenvalue weighted by molar-refractivity contribution is 7.98. The van der Waals surface area contributed by atoms with Crippen LogP contribution in [0.4, 0.5) is 5.69 Å². The van der Waals surface area contributed by atoms with E-state index in [0.29, 0.717) is 23.8 Å². The fraction of sp³-hybridized carbons (Fsp3) is 0.391. The Morgan fingerprint density at radius 2 is 1.74 bits per heavy atom. The van der Waals surface area contributed by atoms with Crippen molar-refractivity contribution in [1.82, 2.24) is 4.90 Å². The average molecular weight is 445 g/mol. The highest BCUT2D eigenvalue weighted by atomic mass is 32.2. The third-order valence-electron chi connectivity index (χ3n) is 5.30. The number of hydrogen-bond donors (Lipinski definition) is 0. The van der Waals surface area contributed by atoms with Crippen LogP contribution in [0.5, 0.6) is 17.2 Å². The number of carbonyl (C=O) groups excluding carboxylic acids is 2. The van der Waals surface area contributed by atoms with Crippen molar-refractivity contribution in [3.05, 3.63) is 42.0 Å². The second-order valence-electron chi connectivity index (χ2n) is 7.27. The summed E-state index contributed by atoms with van der Waals surface area (Å²) in [7, 11) is 4.61. The van der Waals surface area contributed by atoms with Crippen LogP contribution in [0.25, 0.3) is 0 Å². The Bertz CT molecular complexity index is 940. The molecule has 0 saturated carbocycles. The summed E-state index contributed by atoms with van der Waals surface area (Å²) in [6.07, 6.45) is 2.13. The SMILES string of the molecule is COc1cc(CC(=O)N2CC(=O)N(c3ccccc3SC)C(C)C2)cc(OC)c1OC. The molecule has 1 aliphatic heterocycles.